The third-order valence-corrected chi connectivity index (χ3v) is 3.61. The quantitative estimate of drug-likeness (QED) is 0.742. The molecule has 0 aliphatic carbocycles. The fourth-order valence-corrected chi connectivity index (χ4v) is 2.31. The van der Waals surface area contributed by atoms with Gasteiger partial charge in [0.25, 0.3) is 0 Å². The maximum absolute atomic E-state index is 9.43. The highest BCUT2D eigenvalue weighted by atomic mass is 32.2. The van der Waals surface area contributed by atoms with Crippen molar-refractivity contribution in [2.45, 2.75) is 4.90 Å². The van der Waals surface area contributed by atoms with Gasteiger partial charge in [0.1, 0.15) is 6.26 Å². The Morgan fingerprint density at radius 1 is 1.20 bits per heavy atom. The molecular formula is C11H17N2OS+. The summed E-state index contributed by atoms with van der Waals surface area (Å²) in [5.74, 6) is 0. The maximum atomic E-state index is 9.43. The van der Waals surface area contributed by atoms with Gasteiger partial charge in [-0.3, -0.25) is 0 Å². The van der Waals surface area contributed by atoms with Crippen molar-refractivity contribution in [2.24, 2.45) is 0 Å². The van der Waals surface area contributed by atoms with Crippen molar-refractivity contribution in [3.8, 4) is 0 Å². The van der Waals surface area contributed by atoms with E-state index >= 15 is 0 Å². The molecule has 3 nitrogen and oxygen atoms in total. The van der Waals surface area contributed by atoms with Crippen molar-refractivity contribution in [1.29, 1.82) is 0 Å². The van der Waals surface area contributed by atoms with E-state index in [4.69, 9.17) is 0 Å². The Kier molecular flexibility index (Phi) is 3.51. The van der Waals surface area contributed by atoms with Crippen LogP contribution in [-0.4, -0.2) is 37.0 Å². The third kappa shape index (κ3) is 2.65. The molecule has 4 heteroatoms. The van der Waals surface area contributed by atoms with Crippen LogP contribution < -0.4 is 10.2 Å². The number of nitrogens with zero attached hydrogens (tertiary/aromatic N) is 1. The molecule has 15 heavy (non-hydrogen) atoms. The molecule has 1 aromatic carbocycles. The van der Waals surface area contributed by atoms with Crippen LogP contribution in [0.1, 0.15) is 0 Å². The van der Waals surface area contributed by atoms with Crippen molar-refractivity contribution < 1.29 is 4.55 Å². The summed E-state index contributed by atoms with van der Waals surface area (Å²) in [5, 5.41) is 3.33. The largest absolute Gasteiger partial charge is 0.369 e. The van der Waals surface area contributed by atoms with Crippen molar-refractivity contribution in [2.75, 3.05) is 37.3 Å². The fraction of sp³-hybridized carbons (Fsp3) is 0.455. The van der Waals surface area contributed by atoms with Gasteiger partial charge in [0.05, 0.1) is 0 Å². The van der Waals surface area contributed by atoms with Crippen LogP contribution in [0.15, 0.2) is 29.2 Å². The van der Waals surface area contributed by atoms with Crippen molar-refractivity contribution in [3.05, 3.63) is 24.3 Å². The van der Waals surface area contributed by atoms with E-state index in [0.29, 0.717) is 0 Å². The van der Waals surface area contributed by atoms with Crippen LogP contribution >= 0.6 is 0 Å². The van der Waals surface area contributed by atoms with Crippen molar-refractivity contribution in [3.63, 3.8) is 0 Å². The number of hydrogen-bond donors (Lipinski definition) is 2. The second-order valence-corrected chi connectivity index (χ2v) is 5.14. The second kappa shape index (κ2) is 4.88. The molecule has 0 radical (unpaired) electrons. The average Bonchev–Trinajstić information content (AvgIpc) is 2.30. The fourth-order valence-electron chi connectivity index (χ4n) is 1.78. The lowest BCUT2D eigenvalue weighted by Gasteiger charge is -2.29. The number of benzene rings is 1. The molecule has 1 atom stereocenters. The number of anilines is 1. The summed E-state index contributed by atoms with van der Waals surface area (Å²) in [7, 11) is 0. The first-order chi connectivity index (χ1) is 7.27. The van der Waals surface area contributed by atoms with Gasteiger partial charge < -0.3 is 10.2 Å². The predicted molar refractivity (Wildman–Crippen MR) is 65.7 cm³/mol. The van der Waals surface area contributed by atoms with E-state index < -0.39 is 11.2 Å². The minimum absolute atomic E-state index is 0.623. The summed E-state index contributed by atoms with van der Waals surface area (Å²) in [5.41, 5.74) is 1.26. The van der Waals surface area contributed by atoms with Crippen LogP contribution in [0.25, 0.3) is 0 Å². The van der Waals surface area contributed by atoms with Gasteiger partial charge in [-0.05, 0) is 24.3 Å². The Morgan fingerprint density at radius 3 is 2.33 bits per heavy atom. The van der Waals surface area contributed by atoms with Gasteiger partial charge in [-0.2, -0.15) is 4.55 Å². The first kappa shape index (κ1) is 10.8. The van der Waals surface area contributed by atoms with Crippen LogP contribution in [0.3, 0.4) is 0 Å². The zero-order chi connectivity index (χ0) is 10.7. The zero-order valence-electron chi connectivity index (χ0n) is 8.94. The van der Waals surface area contributed by atoms with Gasteiger partial charge in [-0.15, -0.1) is 0 Å². The molecule has 1 fully saturated rings. The SMILES string of the molecule is C[S+](O)c1ccc(N2CCNCC2)cc1. The van der Waals surface area contributed by atoms with Crippen LogP contribution in [-0.2, 0) is 11.2 Å². The van der Waals surface area contributed by atoms with Crippen LogP contribution in [0.4, 0.5) is 5.69 Å². The summed E-state index contributed by atoms with van der Waals surface area (Å²) in [6, 6.07) is 8.22. The van der Waals surface area contributed by atoms with Crippen LogP contribution in [0.2, 0.25) is 0 Å². The molecule has 1 heterocycles. The monoisotopic (exact) mass is 225 g/mol. The highest BCUT2D eigenvalue weighted by Gasteiger charge is 2.14. The van der Waals surface area contributed by atoms with E-state index in [0.717, 1.165) is 31.1 Å². The van der Waals surface area contributed by atoms with E-state index in [1.807, 2.05) is 18.4 Å². The van der Waals surface area contributed by atoms with Gasteiger partial charge in [0.15, 0.2) is 16.1 Å². The molecule has 82 valence electrons. The topological polar surface area (TPSA) is 35.5 Å². The molecule has 1 aromatic rings. The van der Waals surface area contributed by atoms with Gasteiger partial charge in [-0.1, -0.05) is 0 Å². The highest BCUT2D eigenvalue weighted by molar-refractivity contribution is 7.90. The number of hydrogen-bond acceptors (Lipinski definition) is 3. The van der Waals surface area contributed by atoms with Crippen molar-refractivity contribution in [1.82, 2.24) is 5.32 Å². The third-order valence-electron chi connectivity index (χ3n) is 2.66. The van der Waals surface area contributed by atoms with Crippen LogP contribution in [0, 0.1) is 0 Å². The van der Waals surface area contributed by atoms with Gasteiger partial charge in [0, 0.05) is 31.9 Å². The molecule has 2 N–H and O–H groups in total. The van der Waals surface area contributed by atoms with E-state index in [1.54, 1.807) is 0 Å². The lowest BCUT2D eigenvalue weighted by Crippen LogP contribution is -2.43. The van der Waals surface area contributed by atoms with E-state index in [1.165, 1.54) is 5.69 Å². The van der Waals surface area contributed by atoms with Gasteiger partial charge >= 0.3 is 0 Å². The highest BCUT2D eigenvalue weighted by Crippen LogP contribution is 2.18. The predicted octanol–water partition coefficient (Wildman–Crippen LogP) is 1.18. The second-order valence-electron chi connectivity index (χ2n) is 3.71. The zero-order valence-corrected chi connectivity index (χ0v) is 9.76. The first-order valence-corrected chi connectivity index (χ1v) is 6.77. The number of rotatable bonds is 2. The summed E-state index contributed by atoms with van der Waals surface area (Å²) in [6.45, 7) is 4.24. The normalized spacial score (nSPS) is 18.9. The summed E-state index contributed by atoms with van der Waals surface area (Å²) in [6.07, 6.45) is 1.82. The van der Waals surface area contributed by atoms with E-state index in [2.05, 4.69) is 22.3 Å². The smallest absolute Gasteiger partial charge is 0.189 e. The Labute approximate surface area is 93.7 Å². The molecule has 1 aliphatic rings. The molecule has 0 bridgehead atoms. The Balaban J connectivity index is 2.08. The Morgan fingerprint density at radius 2 is 1.80 bits per heavy atom. The summed E-state index contributed by atoms with van der Waals surface area (Å²) < 4.78 is 9.43. The Hall–Kier alpha value is -0.710. The standard InChI is InChI=1S/C11H17N2OS/c1-15(14)11-4-2-10(3-5-11)13-8-6-12-7-9-13/h2-5,12,14H,6-9H2,1H3/q+1. The lowest BCUT2D eigenvalue weighted by atomic mass is 10.2. The average molecular weight is 225 g/mol. The maximum Gasteiger partial charge on any atom is 0.189 e. The molecule has 1 aliphatic heterocycles. The van der Waals surface area contributed by atoms with E-state index in [9.17, 15) is 4.55 Å². The van der Waals surface area contributed by atoms with Gasteiger partial charge in [0.2, 0.25) is 0 Å². The van der Waals surface area contributed by atoms with Crippen molar-refractivity contribution >= 4 is 16.9 Å². The van der Waals surface area contributed by atoms with Crippen LogP contribution in [0.5, 0.6) is 0 Å². The van der Waals surface area contributed by atoms with Gasteiger partial charge in [-0.25, -0.2) is 0 Å². The molecule has 1 saturated heterocycles. The molecular weight excluding hydrogens is 208 g/mol. The summed E-state index contributed by atoms with van der Waals surface area (Å²) in [4.78, 5) is 3.37. The first-order valence-electron chi connectivity index (χ1n) is 5.18. The molecule has 2 rings (SSSR count). The van der Waals surface area contributed by atoms with E-state index in [-0.39, 0.29) is 0 Å². The number of piperazine rings is 1. The minimum atomic E-state index is -0.623. The molecule has 0 saturated carbocycles. The lowest BCUT2D eigenvalue weighted by molar-refractivity contribution is 0.589. The molecule has 1 unspecified atom stereocenters. The number of nitrogens with one attached hydrogen (secondary N) is 1. The molecule has 0 aromatic heterocycles. The Bertz CT molecular complexity index is 307. The molecule has 0 amide bonds. The molecule has 0 spiro atoms. The minimum Gasteiger partial charge on any atom is -0.369 e. The summed E-state index contributed by atoms with van der Waals surface area (Å²) >= 11 is -0.623.